The van der Waals surface area contributed by atoms with E-state index in [-0.39, 0.29) is 12.4 Å². The molecule has 2 aromatic heterocycles. The van der Waals surface area contributed by atoms with Gasteiger partial charge in [-0.3, -0.25) is 4.57 Å². The van der Waals surface area contributed by atoms with Gasteiger partial charge in [0.25, 0.3) is 0 Å². The maximum absolute atomic E-state index is 11.9. The molecule has 0 spiro atoms. The Morgan fingerprint density at radius 2 is 2.23 bits per heavy atom. The van der Waals surface area contributed by atoms with Crippen LogP contribution in [-0.2, 0) is 9.47 Å². The van der Waals surface area contributed by atoms with Gasteiger partial charge in [-0.2, -0.15) is 0 Å². The molecule has 2 aliphatic heterocycles. The van der Waals surface area contributed by atoms with Crippen molar-refractivity contribution in [3.05, 3.63) is 25.1 Å². The fraction of sp³-hybridized carbons (Fsp3) is 0.385. The Bertz CT molecular complexity index is 915. The molecule has 138 valence electrons. The van der Waals surface area contributed by atoms with Gasteiger partial charge >= 0.3 is 5.71 Å². The molecule has 1 saturated heterocycles. The van der Waals surface area contributed by atoms with Gasteiger partial charge in [-0.1, -0.05) is 0 Å². The fourth-order valence-electron chi connectivity index (χ4n) is 2.76. The van der Waals surface area contributed by atoms with Crippen LogP contribution in [0, 0.1) is 0 Å². The smallest absolute Gasteiger partial charge is 0.360 e. The second-order valence-electron chi connectivity index (χ2n) is 5.67. The van der Waals surface area contributed by atoms with Gasteiger partial charge in [-0.05, 0) is 0 Å². The van der Waals surface area contributed by atoms with E-state index in [9.17, 15) is 15.0 Å². The predicted molar refractivity (Wildman–Crippen MR) is 90.0 cm³/mol. The van der Waals surface area contributed by atoms with Gasteiger partial charge < -0.3 is 30.5 Å². The van der Waals surface area contributed by atoms with Gasteiger partial charge in [0, 0.05) is 12.4 Å². The number of carbonyl (C=O) groups is 1. The third-order valence-electron chi connectivity index (χ3n) is 4.07. The summed E-state index contributed by atoms with van der Waals surface area (Å²) in [5, 5.41) is 23.4. The lowest BCUT2D eigenvalue weighted by molar-refractivity contribution is -0.0513. The predicted octanol–water partition coefficient (Wildman–Crippen LogP) is -0.449. The first-order valence-electron chi connectivity index (χ1n) is 7.67. The molecule has 26 heavy (non-hydrogen) atoms. The number of hydrogen-bond acceptors (Lipinski definition) is 11. The molecule has 4 heterocycles. The summed E-state index contributed by atoms with van der Waals surface area (Å²) in [6.07, 6.45) is 1.32. The standard InChI is InChI=1S/C13H16N7O5P/c14-10-7-11(16-4-15-10)20(5-17-7)12-9(22)8(21)6(25-12)3-24-13(23)26-18-1-2-19-26/h1-2,4-6,8-9,12,21-22,26H,3H2,(H,18,19)(H2,14,15,16)/t6-,8-,9-,12-/m1/s1. The van der Waals surface area contributed by atoms with E-state index >= 15 is 0 Å². The minimum Gasteiger partial charge on any atom is -0.458 e. The zero-order valence-corrected chi connectivity index (χ0v) is 14.3. The third kappa shape index (κ3) is 2.82. The first-order valence-corrected chi connectivity index (χ1v) is 9.12. The number of imidazole rings is 1. The van der Waals surface area contributed by atoms with Gasteiger partial charge in [-0.25, -0.2) is 24.5 Å². The number of carbonyl (C=O) groups excluding carboxylic acids is 1. The minimum atomic E-state index is -1.84. The Labute approximate surface area is 147 Å². The van der Waals surface area contributed by atoms with Crippen molar-refractivity contribution in [3.8, 4) is 0 Å². The number of aromatic nitrogens is 4. The molecule has 5 atom stereocenters. The van der Waals surface area contributed by atoms with Crippen LogP contribution < -0.4 is 10.8 Å². The van der Waals surface area contributed by atoms with Crippen molar-refractivity contribution in [1.29, 1.82) is 0 Å². The second kappa shape index (κ2) is 6.65. The molecule has 4 rings (SSSR count). The Balaban J connectivity index is 1.49. The summed E-state index contributed by atoms with van der Waals surface area (Å²) in [5.41, 5.74) is 5.95. The number of fused-ring (bicyclic) bond motifs is 1. The van der Waals surface area contributed by atoms with E-state index in [2.05, 4.69) is 24.8 Å². The molecule has 12 nitrogen and oxygen atoms in total. The molecule has 0 saturated carbocycles. The molecule has 5 N–H and O–H groups in total. The van der Waals surface area contributed by atoms with Crippen LogP contribution in [-0.4, -0.2) is 60.4 Å². The van der Waals surface area contributed by atoms with E-state index in [0.29, 0.717) is 11.2 Å². The molecule has 1 fully saturated rings. The van der Waals surface area contributed by atoms with Crippen molar-refractivity contribution in [1.82, 2.24) is 24.6 Å². The Morgan fingerprint density at radius 3 is 3.00 bits per heavy atom. The average Bonchev–Trinajstić information content (AvgIpc) is 3.35. The number of nitrogens with two attached hydrogens (primary N) is 1. The van der Waals surface area contributed by atoms with Gasteiger partial charge in [0.15, 0.2) is 25.6 Å². The summed E-state index contributed by atoms with van der Waals surface area (Å²) >= 11 is 0. The van der Waals surface area contributed by atoms with Crippen molar-refractivity contribution in [2.24, 2.45) is 4.74 Å². The Kier molecular flexibility index (Phi) is 4.32. The highest BCUT2D eigenvalue weighted by Crippen LogP contribution is 2.33. The van der Waals surface area contributed by atoms with E-state index in [1.54, 1.807) is 6.20 Å². The van der Waals surface area contributed by atoms with Crippen molar-refractivity contribution < 1.29 is 24.5 Å². The SMILES string of the molecule is Nc1ncnc2c1ncn2[C@@H]1O[C@H](COC(=O)[PH]2=NC=CN2)[C@@H](O)[C@H]1O. The lowest BCUT2D eigenvalue weighted by Crippen LogP contribution is -2.34. The van der Waals surface area contributed by atoms with E-state index < -0.39 is 38.1 Å². The molecule has 0 bridgehead atoms. The zero-order valence-electron chi connectivity index (χ0n) is 13.3. The van der Waals surface area contributed by atoms with E-state index in [1.807, 2.05) is 0 Å². The van der Waals surface area contributed by atoms with Crippen LogP contribution in [0.4, 0.5) is 10.6 Å². The summed E-state index contributed by atoms with van der Waals surface area (Å²) in [7, 11) is -1.84. The van der Waals surface area contributed by atoms with Crippen LogP contribution in [0.2, 0.25) is 0 Å². The second-order valence-corrected chi connectivity index (χ2v) is 7.32. The topological polar surface area (TPSA) is 170 Å². The van der Waals surface area contributed by atoms with Crippen LogP contribution in [0.25, 0.3) is 11.2 Å². The molecule has 0 aliphatic carbocycles. The highest BCUT2D eigenvalue weighted by Gasteiger charge is 2.45. The van der Waals surface area contributed by atoms with Crippen LogP contribution in [0.5, 0.6) is 0 Å². The highest BCUT2D eigenvalue weighted by atomic mass is 31.1. The summed E-state index contributed by atoms with van der Waals surface area (Å²) in [6.45, 7) is -0.220. The first-order chi connectivity index (χ1) is 12.6. The monoisotopic (exact) mass is 381 g/mol. The van der Waals surface area contributed by atoms with Crippen LogP contribution in [0.1, 0.15) is 6.23 Å². The fourth-order valence-corrected chi connectivity index (χ4v) is 3.73. The van der Waals surface area contributed by atoms with Gasteiger partial charge in [0.1, 0.15) is 36.8 Å². The molecule has 0 aromatic carbocycles. The molecule has 13 heteroatoms. The first kappa shape index (κ1) is 16.9. The quantitative estimate of drug-likeness (QED) is 0.509. The lowest BCUT2D eigenvalue weighted by Gasteiger charge is -2.16. The van der Waals surface area contributed by atoms with Crippen molar-refractivity contribution in [2.45, 2.75) is 24.5 Å². The zero-order chi connectivity index (χ0) is 18.3. The van der Waals surface area contributed by atoms with Crippen LogP contribution >= 0.6 is 7.86 Å². The summed E-state index contributed by atoms with van der Waals surface area (Å²) in [4.78, 5) is 23.9. The maximum atomic E-state index is 11.9. The molecule has 1 unspecified atom stereocenters. The lowest BCUT2D eigenvalue weighted by atomic mass is 10.1. The molecule has 0 radical (unpaired) electrons. The number of hydrogen-bond donors (Lipinski definition) is 4. The van der Waals surface area contributed by atoms with Crippen LogP contribution in [0.15, 0.2) is 29.8 Å². The number of ether oxygens (including phenoxy) is 2. The highest BCUT2D eigenvalue weighted by molar-refractivity contribution is 7.63. The summed E-state index contributed by atoms with van der Waals surface area (Å²) < 4.78 is 16.2. The average molecular weight is 381 g/mol. The normalized spacial score (nSPS) is 30.3. The largest absolute Gasteiger partial charge is 0.458 e. The number of aliphatic hydroxyl groups excluding tert-OH is 2. The van der Waals surface area contributed by atoms with Crippen molar-refractivity contribution in [3.63, 3.8) is 0 Å². The molecular formula is C13H16N7O5P. The van der Waals surface area contributed by atoms with E-state index in [1.165, 1.54) is 23.4 Å². The van der Waals surface area contributed by atoms with Gasteiger partial charge in [0.2, 0.25) is 0 Å². The number of nitrogen functional groups attached to an aromatic ring is 1. The number of nitrogens with one attached hydrogen (secondary N) is 1. The Hall–Kier alpha value is -2.53. The number of aliphatic hydroxyl groups is 2. The van der Waals surface area contributed by atoms with Crippen LogP contribution in [0.3, 0.4) is 0 Å². The van der Waals surface area contributed by atoms with E-state index in [0.717, 1.165) is 0 Å². The number of anilines is 1. The maximum Gasteiger partial charge on any atom is 0.360 e. The Morgan fingerprint density at radius 1 is 1.38 bits per heavy atom. The summed E-state index contributed by atoms with van der Waals surface area (Å²) in [6, 6.07) is 0. The molecule has 2 aromatic rings. The minimum absolute atomic E-state index is 0.192. The molecular weight excluding hydrogens is 365 g/mol. The van der Waals surface area contributed by atoms with Gasteiger partial charge in [0.05, 0.1) is 6.33 Å². The van der Waals surface area contributed by atoms with E-state index in [4.69, 9.17) is 15.2 Å². The summed E-state index contributed by atoms with van der Waals surface area (Å²) in [5.74, 6) is 0.192. The number of rotatable bonds is 4. The van der Waals surface area contributed by atoms with Crippen molar-refractivity contribution >= 4 is 30.6 Å². The third-order valence-corrected chi connectivity index (χ3v) is 5.45. The van der Waals surface area contributed by atoms with Crippen molar-refractivity contribution in [2.75, 3.05) is 12.3 Å². The molecule has 0 amide bonds. The number of nitrogens with zero attached hydrogens (tertiary/aromatic N) is 5. The molecule has 2 aliphatic rings. The van der Waals surface area contributed by atoms with Gasteiger partial charge in [-0.15, -0.1) is 0 Å².